The molecule has 1 saturated heterocycles. The van der Waals surface area contributed by atoms with Crippen molar-refractivity contribution < 1.29 is 9.47 Å². The highest BCUT2D eigenvalue weighted by Gasteiger charge is 2.41. The van der Waals surface area contributed by atoms with Gasteiger partial charge in [0.05, 0.1) is 5.02 Å². The van der Waals surface area contributed by atoms with E-state index in [1.165, 1.54) is 18.4 Å². The van der Waals surface area contributed by atoms with Gasteiger partial charge in [0, 0.05) is 13.1 Å². The molecule has 1 unspecified atom stereocenters. The lowest BCUT2D eigenvalue weighted by atomic mass is 9.90. The van der Waals surface area contributed by atoms with Gasteiger partial charge in [-0.25, -0.2) is 0 Å². The van der Waals surface area contributed by atoms with Gasteiger partial charge >= 0.3 is 0 Å². The summed E-state index contributed by atoms with van der Waals surface area (Å²) in [5, 5.41) is 4.02. The van der Waals surface area contributed by atoms with E-state index >= 15 is 0 Å². The average Bonchev–Trinajstić information content (AvgIpc) is 2.95. The van der Waals surface area contributed by atoms with Crippen LogP contribution in [0.1, 0.15) is 31.0 Å². The number of nitrogens with zero attached hydrogens (tertiary/aromatic N) is 1. The largest absolute Gasteiger partial charge is 0.443 e. The molecule has 1 aromatic heterocycles. The minimum atomic E-state index is -0.906. The lowest BCUT2D eigenvalue weighted by Gasteiger charge is -2.24. The maximum Gasteiger partial charge on any atom is 0.292 e. The van der Waals surface area contributed by atoms with Gasteiger partial charge in [0.2, 0.25) is 0 Å². The van der Waals surface area contributed by atoms with Gasteiger partial charge in [-0.05, 0) is 62.0 Å². The zero-order chi connectivity index (χ0) is 16.6. The quantitative estimate of drug-likeness (QED) is 0.916. The smallest absolute Gasteiger partial charge is 0.292 e. The zero-order valence-electron chi connectivity index (χ0n) is 13.7. The molecule has 0 bridgehead atoms. The number of hydrogen-bond donors (Lipinski definition) is 1. The predicted octanol–water partition coefficient (Wildman–Crippen LogP) is 3.92. The first-order valence-electron chi connectivity index (χ1n) is 8.47. The van der Waals surface area contributed by atoms with Gasteiger partial charge in [0.1, 0.15) is 5.69 Å². The standard InChI is InChI=1S/C19H21ClN2O2/c1-19(17-6-5-15(20)12-22-17)23-16-4-2-3-14(18(16)24-19)11-13-7-9-21-10-8-13/h2-6,12-13,21H,7-11H2,1H3. The van der Waals surface area contributed by atoms with Crippen molar-refractivity contribution in [2.75, 3.05) is 13.1 Å². The molecule has 1 atom stereocenters. The summed E-state index contributed by atoms with van der Waals surface area (Å²) < 4.78 is 12.4. The van der Waals surface area contributed by atoms with Gasteiger partial charge in [0.15, 0.2) is 11.5 Å². The molecule has 1 aromatic carbocycles. The SMILES string of the molecule is CC1(c2ccc(Cl)cn2)Oc2cccc(CC3CCNCC3)c2O1. The highest BCUT2D eigenvalue weighted by Crippen LogP contribution is 2.46. The summed E-state index contributed by atoms with van der Waals surface area (Å²) in [5.74, 6) is 1.44. The molecule has 1 fully saturated rings. The summed E-state index contributed by atoms with van der Waals surface area (Å²) in [4.78, 5) is 4.37. The highest BCUT2D eigenvalue weighted by molar-refractivity contribution is 6.30. The number of para-hydroxylation sites is 1. The van der Waals surface area contributed by atoms with Crippen LogP contribution in [0.25, 0.3) is 0 Å². The van der Waals surface area contributed by atoms with Gasteiger partial charge in [-0.3, -0.25) is 4.98 Å². The van der Waals surface area contributed by atoms with Gasteiger partial charge in [-0.2, -0.15) is 0 Å². The number of fused-ring (bicyclic) bond motifs is 1. The summed E-state index contributed by atoms with van der Waals surface area (Å²) in [5.41, 5.74) is 1.94. The predicted molar refractivity (Wildman–Crippen MR) is 93.6 cm³/mol. The van der Waals surface area contributed by atoms with Crippen LogP contribution in [0.5, 0.6) is 11.5 Å². The number of piperidine rings is 1. The molecule has 0 amide bonds. The molecule has 0 radical (unpaired) electrons. The molecule has 2 aromatic rings. The van der Waals surface area contributed by atoms with Crippen molar-refractivity contribution in [2.24, 2.45) is 5.92 Å². The van der Waals surface area contributed by atoms with E-state index in [1.54, 1.807) is 12.3 Å². The molecule has 5 heteroatoms. The molecule has 1 N–H and O–H groups in total. The van der Waals surface area contributed by atoms with E-state index in [0.717, 1.165) is 36.7 Å². The van der Waals surface area contributed by atoms with Crippen LogP contribution in [-0.4, -0.2) is 18.1 Å². The van der Waals surface area contributed by atoms with Crippen molar-refractivity contribution in [3.63, 3.8) is 0 Å². The molecule has 4 nitrogen and oxygen atoms in total. The van der Waals surface area contributed by atoms with Crippen LogP contribution in [0.4, 0.5) is 0 Å². The van der Waals surface area contributed by atoms with E-state index in [2.05, 4.69) is 16.4 Å². The number of benzene rings is 1. The molecule has 126 valence electrons. The van der Waals surface area contributed by atoms with Crippen LogP contribution >= 0.6 is 11.6 Å². The first-order chi connectivity index (χ1) is 11.6. The highest BCUT2D eigenvalue weighted by atomic mass is 35.5. The third-order valence-electron chi connectivity index (χ3n) is 4.82. The van der Waals surface area contributed by atoms with Crippen LogP contribution in [0.15, 0.2) is 36.5 Å². The first-order valence-corrected chi connectivity index (χ1v) is 8.84. The average molecular weight is 345 g/mol. The molecular weight excluding hydrogens is 324 g/mol. The van der Waals surface area contributed by atoms with E-state index in [9.17, 15) is 0 Å². The Morgan fingerprint density at radius 1 is 1.21 bits per heavy atom. The van der Waals surface area contributed by atoms with Crippen molar-refractivity contribution in [2.45, 2.75) is 32.0 Å². The number of rotatable bonds is 3. The molecule has 0 spiro atoms. The summed E-state index contributed by atoms with van der Waals surface area (Å²) in [7, 11) is 0. The van der Waals surface area contributed by atoms with Crippen LogP contribution in [0, 0.1) is 5.92 Å². The zero-order valence-corrected chi connectivity index (χ0v) is 14.5. The van der Waals surface area contributed by atoms with Crippen LogP contribution in [0.3, 0.4) is 0 Å². The van der Waals surface area contributed by atoms with Crippen molar-refractivity contribution >= 4 is 11.6 Å². The van der Waals surface area contributed by atoms with Gasteiger partial charge in [0.25, 0.3) is 5.79 Å². The fourth-order valence-corrected chi connectivity index (χ4v) is 3.60. The monoisotopic (exact) mass is 344 g/mol. The molecule has 0 aliphatic carbocycles. The summed E-state index contributed by atoms with van der Waals surface area (Å²) in [6, 6.07) is 9.80. The number of halogens is 1. The van der Waals surface area contributed by atoms with Crippen molar-refractivity contribution in [3.8, 4) is 11.5 Å². The Labute approximate surface area is 147 Å². The summed E-state index contributed by atoms with van der Waals surface area (Å²) in [6.07, 6.45) is 5.06. The minimum absolute atomic E-state index is 0.601. The van der Waals surface area contributed by atoms with Gasteiger partial charge < -0.3 is 14.8 Å². The molecular formula is C19H21ClN2O2. The Morgan fingerprint density at radius 2 is 2.04 bits per heavy atom. The third kappa shape index (κ3) is 2.96. The number of hydrogen-bond acceptors (Lipinski definition) is 4. The Balaban J connectivity index is 1.59. The molecule has 24 heavy (non-hydrogen) atoms. The third-order valence-corrected chi connectivity index (χ3v) is 5.05. The number of ether oxygens (including phenoxy) is 2. The second-order valence-electron chi connectivity index (χ2n) is 6.65. The second kappa shape index (κ2) is 6.26. The number of aromatic nitrogens is 1. The van der Waals surface area contributed by atoms with Crippen LogP contribution in [0.2, 0.25) is 5.02 Å². The maximum atomic E-state index is 6.25. The lowest BCUT2D eigenvalue weighted by Crippen LogP contribution is -2.32. The van der Waals surface area contributed by atoms with E-state index in [-0.39, 0.29) is 0 Å². The van der Waals surface area contributed by atoms with E-state index in [4.69, 9.17) is 21.1 Å². The first kappa shape index (κ1) is 15.7. The number of pyridine rings is 1. The van der Waals surface area contributed by atoms with Crippen molar-refractivity contribution in [1.82, 2.24) is 10.3 Å². The topological polar surface area (TPSA) is 43.4 Å². The maximum absolute atomic E-state index is 6.25. The van der Waals surface area contributed by atoms with Gasteiger partial charge in [-0.1, -0.05) is 23.7 Å². The Hall–Kier alpha value is -1.78. The Bertz CT molecular complexity index is 729. The summed E-state index contributed by atoms with van der Waals surface area (Å²) in [6.45, 7) is 4.10. The normalized spacial score (nSPS) is 23.4. The summed E-state index contributed by atoms with van der Waals surface area (Å²) >= 11 is 5.94. The molecule has 2 aliphatic heterocycles. The minimum Gasteiger partial charge on any atom is -0.443 e. The molecule has 4 rings (SSSR count). The molecule has 2 aliphatic rings. The fourth-order valence-electron chi connectivity index (χ4n) is 3.49. The van der Waals surface area contributed by atoms with E-state index in [1.807, 2.05) is 25.1 Å². The lowest BCUT2D eigenvalue weighted by molar-refractivity contribution is -0.0721. The van der Waals surface area contributed by atoms with Gasteiger partial charge in [-0.15, -0.1) is 0 Å². The van der Waals surface area contributed by atoms with Crippen molar-refractivity contribution in [3.05, 3.63) is 52.8 Å². The van der Waals surface area contributed by atoms with Crippen LogP contribution < -0.4 is 14.8 Å². The van der Waals surface area contributed by atoms with E-state index in [0.29, 0.717) is 10.9 Å². The van der Waals surface area contributed by atoms with E-state index < -0.39 is 5.79 Å². The fraction of sp³-hybridized carbons (Fsp3) is 0.421. The Kier molecular flexibility index (Phi) is 4.10. The Morgan fingerprint density at radius 3 is 2.79 bits per heavy atom. The molecule has 3 heterocycles. The number of nitrogens with one attached hydrogen (secondary N) is 1. The van der Waals surface area contributed by atoms with Crippen LogP contribution in [-0.2, 0) is 12.2 Å². The van der Waals surface area contributed by atoms with Crippen molar-refractivity contribution in [1.29, 1.82) is 0 Å². The molecule has 0 saturated carbocycles. The second-order valence-corrected chi connectivity index (χ2v) is 7.09.